The number of benzene rings is 1. The van der Waals surface area contributed by atoms with Crippen molar-refractivity contribution in [2.75, 3.05) is 29.7 Å². The molecule has 1 aromatic heterocycles. The van der Waals surface area contributed by atoms with Crippen LogP contribution >= 0.6 is 23.2 Å². The first-order chi connectivity index (χ1) is 11.7. The largest absolute Gasteiger partial charge is 0.369 e. The van der Waals surface area contributed by atoms with Crippen molar-refractivity contribution in [1.82, 2.24) is 10.4 Å². The fourth-order valence-electron chi connectivity index (χ4n) is 2.07. The van der Waals surface area contributed by atoms with Gasteiger partial charge in [-0.05, 0) is 29.8 Å². The summed E-state index contributed by atoms with van der Waals surface area (Å²) >= 11 is 11.6. The first-order valence-electron chi connectivity index (χ1n) is 7.45. The highest BCUT2D eigenvalue weighted by Crippen LogP contribution is 2.15. The van der Waals surface area contributed by atoms with Crippen LogP contribution in [0.4, 0.5) is 5.69 Å². The van der Waals surface area contributed by atoms with E-state index < -0.39 is 0 Å². The molecule has 0 atom stereocenters. The molecule has 7 heteroatoms. The van der Waals surface area contributed by atoms with Gasteiger partial charge in [0.2, 0.25) is 0 Å². The van der Waals surface area contributed by atoms with Crippen molar-refractivity contribution < 1.29 is 4.79 Å². The van der Waals surface area contributed by atoms with Crippen molar-refractivity contribution in [3.8, 4) is 0 Å². The summed E-state index contributed by atoms with van der Waals surface area (Å²) in [5.74, 6) is 0.785. The molecule has 0 aliphatic heterocycles. The maximum absolute atomic E-state index is 11.8. The molecule has 0 saturated carbocycles. The van der Waals surface area contributed by atoms with E-state index in [0.29, 0.717) is 17.3 Å². The minimum Gasteiger partial charge on any atom is -0.369 e. The van der Waals surface area contributed by atoms with E-state index >= 15 is 0 Å². The zero-order chi connectivity index (χ0) is 17.2. The maximum Gasteiger partial charge on any atom is 0.272 e. The lowest BCUT2D eigenvalue weighted by Gasteiger charge is -2.22. The highest BCUT2D eigenvalue weighted by atomic mass is 35.5. The number of hydrazone groups is 1. The van der Waals surface area contributed by atoms with Gasteiger partial charge in [0.15, 0.2) is 0 Å². The fraction of sp³-hybridized carbons (Fsp3) is 0.235. The Morgan fingerprint density at radius 3 is 2.46 bits per heavy atom. The predicted octanol–water partition coefficient (Wildman–Crippen LogP) is 3.13. The molecule has 0 aliphatic carbocycles. The van der Waals surface area contributed by atoms with Gasteiger partial charge in [-0.2, -0.15) is 5.10 Å². The van der Waals surface area contributed by atoms with Crippen LogP contribution in [-0.4, -0.2) is 42.0 Å². The van der Waals surface area contributed by atoms with Gasteiger partial charge in [0.1, 0.15) is 0 Å². The minimum atomic E-state index is -0.300. The second-order valence-electron chi connectivity index (χ2n) is 4.90. The van der Waals surface area contributed by atoms with Crippen molar-refractivity contribution in [3.63, 3.8) is 0 Å². The molecule has 0 saturated heterocycles. The molecule has 2 aromatic rings. The van der Waals surface area contributed by atoms with Gasteiger partial charge in [0.25, 0.3) is 5.91 Å². The summed E-state index contributed by atoms with van der Waals surface area (Å²) in [7, 11) is 0. The first kappa shape index (κ1) is 18.2. The highest BCUT2D eigenvalue weighted by Gasteiger charge is 2.05. The Morgan fingerprint density at radius 1 is 1.17 bits per heavy atom. The number of carbonyl (C=O) groups is 1. The monoisotopic (exact) mass is 364 g/mol. The fourth-order valence-corrected chi connectivity index (χ4v) is 2.48. The van der Waals surface area contributed by atoms with Crippen molar-refractivity contribution in [2.24, 2.45) is 5.10 Å². The number of aromatic nitrogens is 1. The molecule has 0 aliphatic rings. The van der Waals surface area contributed by atoms with Gasteiger partial charge >= 0.3 is 0 Å². The Hall–Kier alpha value is -2.11. The van der Waals surface area contributed by atoms with Crippen LogP contribution in [0.15, 0.2) is 53.9 Å². The van der Waals surface area contributed by atoms with Crippen LogP contribution in [0, 0.1) is 0 Å². The summed E-state index contributed by atoms with van der Waals surface area (Å²) in [6, 6.07) is 11.2. The number of halogens is 2. The second kappa shape index (κ2) is 9.90. The number of amides is 1. The standard InChI is InChI=1S/C17H18Cl2N4O/c18-7-10-23(11-8-19)16-5-3-14(4-6-16)12-21-22-17(24)15-2-1-9-20-13-15/h1-6,9,12-13H,7-8,10-11H2,(H,22,24). The molecule has 0 bridgehead atoms. The lowest BCUT2D eigenvalue weighted by Crippen LogP contribution is -2.27. The molecule has 24 heavy (non-hydrogen) atoms. The number of rotatable bonds is 8. The lowest BCUT2D eigenvalue weighted by molar-refractivity contribution is 0.0955. The van der Waals surface area contributed by atoms with Crippen molar-refractivity contribution in [2.45, 2.75) is 0 Å². The Morgan fingerprint density at radius 2 is 1.88 bits per heavy atom. The number of anilines is 1. The number of hydrogen-bond donors (Lipinski definition) is 1. The number of alkyl halides is 2. The molecule has 0 radical (unpaired) electrons. The normalized spacial score (nSPS) is 10.8. The summed E-state index contributed by atoms with van der Waals surface area (Å²) in [4.78, 5) is 17.8. The van der Waals surface area contributed by atoms with Gasteiger partial charge in [-0.15, -0.1) is 23.2 Å². The Labute approximate surface area is 151 Å². The quantitative estimate of drug-likeness (QED) is 0.444. The Balaban J connectivity index is 1.94. The molecule has 1 amide bonds. The van der Waals surface area contributed by atoms with Crippen LogP contribution in [-0.2, 0) is 0 Å². The number of carbonyl (C=O) groups excluding carboxylic acids is 1. The molecule has 1 heterocycles. The maximum atomic E-state index is 11.8. The van der Waals surface area contributed by atoms with Gasteiger partial charge in [-0.3, -0.25) is 9.78 Å². The van der Waals surface area contributed by atoms with Gasteiger partial charge < -0.3 is 4.90 Å². The topological polar surface area (TPSA) is 57.6 Å². The molecule has 2 rings (SSSR count). The third kappa shape index (κ3) is 5.51. The number of pyridine rings is 1. The van der Waals surface area contributed by atoms with Crippen molar-refractivity contribution in [1.29, 1.82) is 0 Å². The summed E-state index contributed by atoms with van der Waals surface area (Å²) in [5, 5.41) is 3.96. The zero-order valence-electron chi connectivity index (χ0n) is 13.0. The molecule has 1 aromatic carbocycles. The molecule has 0 unspecified atom stereocenters. The van der Waals surface area contributed by atoms with E-state index in [1.165, 1.54) is 6.20 Å². The van der Waals surface area contributed by atoms with Gasteiger partial charge in [0.05, 0.1) is 11.8 Å². The molecular weight excluding hydrogens is 347 g/mol. The number of hydrogen-bond acceptors (Lipinski definition) is 4. The van der Waals surface area contributed by atoms with Gasteiger partial charge in [0, 0.05) is 42.9 Å². The average Bonchev–Trinajstić information content (AvgIpc) is 2.63. The summed E-state index contributed by atoms with van der Waals surface area (Å²) in [6.45, 7) is 1.48. The van der Waals surface area contributed by atoms with Crippen LogP contribution in [0.25, 0.3) is 0 Å². The van der Waals surface area contributed by atoms with Gasteiger partial charge in [-0.1, -0.05) is 12.1 Å². The summed E-state index contributed by atoms with van der Waals surface area (Å²) in [5.41, 5.74) is 4.86. The highest BCUT2D eigenvalue weighted by molar-refractivity contribution is 6.18. The average molecular weight is 365 g/mol. The third-order valence-electron chi connectivity index (χ3n) is 3.27. The van der Waals surface area contributed by atoms with Crippen molar-refractivity contribution >= 4 is 41.0 Å². The van der Waals surface area contributed by atoms with Crippen molar-refractivity contribution in [3.05, 3.63) is 59.9 Å². The van der Waals surface area contributed by atoms with Crippen LogP contribution in [0.5, 0.6) is 0 Å². The zero-order valence-corrected chi connectivity index (χ0v) is 14.5. The van der Waals surface area contributed by atoms with E-state index in [-0.39, 0.29) is 5.91 Å². The van der Waals surface area contributed by atoms with E-state index in [1.807, 2.05) is 24.3 Å². The van der Waals surface area contributed by atoms with Crippen LogP contribution < -0.4 is 10.3 Å². The molecule has 126 valence electrons. The Kier molecular flexibility index (Phi) is 7.52. The molecule has 5 nitrogen and oxygen atoms in total. The summed E-state index contributed by atoms with van der Waals surface area (Å²) < 4.78 is 0. The van der Waals surface area contributed by atoms with E-state index in [2.05, 4.69) is 20.4 Å². The molecular formula is C17H18Cl2N4O. The minimum absolute atomic E-state index is 0.300. The first-order valence-corrected chi connectivity index (χ1v) is 8.52. The molecule has 0 fully saturated rings. The lowest BCUT2D eigenvalue weighted by atomic mass is 10.2. The Bertz CT molecular complexity index is 656. The van der Waals surface area contributed by atoms with Crippen LogP contribution in [0.3, 0.4) is 0 Å². The van der Waals surface area contributed by atoms with E-state index in [4.69, 9.17) is 23.2 Å². The predicted molar refractivity (Wildman–Crippen MR) is 99.4 cm³/mol. The molecule has 0 spiro atoms. The number of nitrogens with one attached hydrogen (secondary N) is 1. The molecule has 1 N–H and O–H groups in total. The van der Waals surface area contributed by atoms with Crippen LogP contribution in [0.1, 0.15) is 15.9 Å². The number of nitrogens with zero attached hydrogens (tertiary/aromatic N) is 3. The SMILES string of the molecule is O=C(NN=Cc1ccc(N(CCCl)CCCl)cc1)c1cccnc1. The van der Waals surface area contributed by atoms with Crippen LogP contribution in [0.2, 0.25) is 0 Å². The van der Waals surface area contributed by atoms with E-state index in [9.17, 15) is 4.79 Å². The van der Waals surface area contributed by atoms with E-state index in [1.54, 1.807) is 24.5 Å². The smallest absolute Gasteiger partial charge is 0.272 e. The second-order valence-corrected chi connectivity index (χ2v) is 5.65. The van der Waals surface area contributed by atoms with E-state index in [0.717, 1.165) is 24.3 Å². The van der Waals surface area contributed by atoms with Gasteiger partial charge in [-0.25, -0.2) is 5.43 Å². The summed E-state index contributed by atoms with van der Waals surface area (Å²) in [6.07, 6.45) is 4.69. The third-order valence-corrected chi connectivity index (χ3v) is 3.61.